The van der Waals surface area contributed by atoms with E-state index in [1.807, 2.05) is 30.3 Å². The lowest BCUT2D eigenvalue weighted by molar-refractivity contribution is -0.149. The van der Waals surface area contributed by atoms with E-state index >= 15 is 0 Å². The zero-order chi connectivity index (χ0) is 11.4. The fraction of sp³-hybridized carbons (Fsp3) is 0.417. The van der Waals surface area contributed by atoms with Crippen molar-refractivity contribution >= 4 is 5.91 Å². The van der Waals surface area contributed by atoms with Crippen LogP contribution in [0.3, 0.4) is 0 Å². The molecule has 1 fully saturated rings. The summed E-state index contributed by atoms with van der Waals surface area (Å²) in [6, 6.07) is 9.95. The topological polar surface area (TPSA) is 55.6 Å². The van der Waals surface area contributed by atoms with Gasteiger partial charge in [0.05, 0.1) is 6.54 Å². The van der Waals surface area contributed by atoms with Gasteiger partial charge in [0.1, 0.15) is 12.7 Å². The summed E-state index contributed by atoms with van der Waals surface area (Å²) in [5, 5.41) is 0. The first kappa shape index (κ1) is 11.1. The van der Waals surface area contributed by atoms with Crippen LogP contribution < -0.4 is 5.73 Å². The van der Waals surface area contributed by atoms with Crippen LogP contribution in [0.1, 0.15) is 11.7 Å². The molecule has 86 valence electrons. The van der Waals surface area contributed by atoms with Crippen LogP contribution >= 0.6 is 0 Å². The molecule has 0 radical (unpaired) electrons. The van der Waals surface area contributed by atoms with Crippen molar-refractivity contribution in [2.45, 2.75) is 6.10 Å². The van der Waals surface area contributed by atoms with E-state index in [1.165, 1.54) is 0 Å². The number of amides is 1. The summed E-state index contributed by atoms with van der Waals surface area (Å²) in [7, 11) is 0. The average Bonchev–Trinajstić information content (AvgIpc) is 2.33. The molecule has 16 heavy (non-hydrogen) atoms. The first-order valence-electron chi connectivity index (χ1n) is 5.45. The molecule has 0 aromatic heterocycles. The van der Waals surface area contributed by atoms with Crippen LogP contribution in [0.4, 0.5) is 0 Å². The highest BCUT2D eigenvalue weighted by Gasteiger charge is 2.26. The normalized spacial score (nSPS) is 21.2. The van der Waals surface area contributed by atoms with Crippen LogP contribution in [-0.4, -0.2) is 37.0 Å². The Morgan fingerprint density at radius 3 is 2.81 bits per heavy atom. The van der Waals surface area contributed by atoms with E-state index in [1.54, 1.807) is 4.90 Å². The van der Waals surface area contributed by atoms with Gasteiger partial charge in [-0.3, -0.25) is 4.79 Å². The number of carbonyl (C=O) groups is 1. The molecule has 1 unspecified atom stereocenters. The minimum absolute atomic E-state index is 0.0227. The number of hydrogen-bond acceptors (Lipinski definition) is 3. The van der Waals surface area contributed by atoms with Gasteiger partial charge in [0, 0.05) is 13.1 Å². The predicted molar refractivity (Wildman–Crippen MR) is 60.8 cm³/mol. The van der Waals surface area contributed by atoms with E-state index in [0.29, 0.717) is 19.6 Å². The van der Waals surface area contributed by atoms with Gasteiger partial charge in [-0.1, -0.05) is 30.3 Å². The standard InChI is InChI=1S/C12H16N2O2/c13-6-7-14-8-11(16-9-12(14)15)10-4-2-1-3-5-10/h1-5,11H,6-9,13H2. The highest BCUT2D eigenvalue weighted by Crippen LogP contribution is 2.21. The van der Waals surface area contributed by atoms with E-state index in [9.17, 15) is 4.79 Å². The van der Waals surface area contributed by atoms with Gasteiger partial charge < -0.3 is 15.4 Å². The van der Waals surface area contributed by atoms with Crippen LogP contribution in [0.15, 0.2) is 30.3 Å². The Morgan fingerprint density at radius 2 is 2.12 bits per heavy atom. The van der Waals surface area contributed by atoms with E-state index in [-0.39, 0.29) is 18.6 Å². The molecule has 1 aromatic carbocycles. The molecule has 1 heterocycles. The minimum atomic E-state index is -0.0227. The number of morpholine rings is 1. The number of benzene rings is 1. The number of nitrogens with two attached hydrogens (primary N) is 1. The maximum absolute atomic E-state index is 11.5. The van der Waals surface area contributed by atoms with E-state index in [4.69, 9.17) is 10.5 Å². The monoisotopic (exact) mass is 220 g/mol. The maximum atomic E-state index is 11.5. The van der Waals surface area contributed by atoms with Crippen LogP contribution in [0.2, 0.25) is 0 Å². The van der Waals surface area contributed by atoms with E-state index < -0.39 is 0 Å². The van der Waals surface area contributed by atoms with Gasteiger partial charge in [-0.2, -0.15) is 0 Å². The molecule has 1 aromatic rings. The largest absolute Gasteiger partial charge is 0.362 e. The second kappa shape index (κ2) is 5.09. The zero-order valence-corrected chi connectivity index (χ0v) is 9.13. The molecule has 0 saturated carbocycles. The molecule has 4 nitrogen and oxygen atoms in total. The molecular weight excluding hydrogens is 204 g/mol. The maximum Gasteiger partial charge on any atom is 0.248 e. The number of ether oxygens (including phenoxy) is 1. The third-order valence-electron chi connectivity index (χ3n) is 2.72. The van der Waals surface area contributed by atoms with E-state index in [0.717, 1.165) is 5.56 Å². The number of rotatable bonds is 3. The number of nitrogens with zero attached hydrogens (tertiary/aromatic N) is 1. The van der Waals surface area contributed by atoms with Gasteiger partial charge in [-0.25, -0.2) is 0 Å². The molecule has 2 N–H and O–H groups in total. The Bertz CT molecular complexity index is 353. The van der Waals surface area contributed by atoms with Gasteiger partial charge in [0.15, 0.2) is 0 Å². The lowest BCUT2D eigenvalue weighted by atomic mass is 10.1. The number of carbonyl (C=O) groups excluding carboxylic acids is 1. The molecule has 1 aliphatic heterocycles. The highest BCUT2D eigenvalue weighted by atomic mass is 16.5. The molecule has 1 aliphatic rings. The second-order valence-electron chi connectivity index (χ2n) is 3.84. The Labute approximate surface area is 95.0 Å². The van der Waals surface area contributed by atoms with Crippen molar-refractivity contribution in [1.29, 1.82) is 0 Å². The molecule has 1 amide bonds. The van der Waals surface area contributed by atoms with Gasteiger partial charge in [0.2, 0.25) is 5.91 Å². The highest BCUT2D eigenvalue weighted by molar-refractivity contribution is 5.78. The molecule has 1 saturated heterocycles. The first-order chi connectivity index (χ1) is 7.81. The van der Waals surface area contributed by atoms with Crippen molar-refractivity contribution in [3.05, 3.63) is 35.9 Å². The molecule has 0 spiro atoms. The third kappa shape index (κ3) is 2.40. The number of hydrogen-bond donors (Lipinski definition) is 1. The van der Waals surface area contributed by atoms with Gasteiger partial charge >= 0.3 is 0 Å². The SMILES string of the molecule is NCCN1CC(c2ccccc2)OCC1=O. The van der Waals surface area contributed by atoms with Crippen LogP contribution in [0, 0.1) is 0 Å². The van der Waals surface area contributed by atoms with Crippen molar-refractivity contribution in [3.8, 4) is 0 Å². The Morgan fingerprint density at radius 1 is 1.38 bits per heavy atom. The summed E-state index contributed by atoms with van der Waals surface area (Å²) in [5.74, 6) is 0.0256. The van der Waals surface area contributed by atoms with Crippen molar-refractivity contribution < 1.29 is 9.53 Å². The fourth-order valence-electron chi connectivity index (χ4n) is 1.86. The summed E-state index contributed by atoms with van der Waals surface area (Å²) in [6.07, 6.45) is -0.0227. The molecule has 4 heteroatoms. The van der Waals surface area contributed by atoms with Crippen LogP contribution in [-0.2, 0) is 9.53 Å². The Hall–Kier alpha value is -1.39. The quantitative estimate of drug-likeness (QED) is 0.809. The van der Waals surface area contributed by atoms with Crippen LogP contribution in [0.25, 0.3) is 0 Å². The molecule has 0 aliphatic carbocycles. The molecular formula is C12H16N2O2. The Balaban J connectivity index is 2.05. The Kier molecular flexibility index (Phi) is 3.54. The lowest BCUT2D eigenvalue weighted by Gasteiger charge is -2.32. The second-order valence-corrected chi connectivity index (χ2v) is 3.84. The smallest absolute Gasteiger partial charge is 0.248 e. The summed E-state index contributed by atoms with van der Waals surface area (Å²) in [5.41, 5.74) is 6.58. The molecule has 1 atom stereocenters. The average molecular weight is 220 g/mol. The minimum Gasteiger partial charge on any atom is -0.362 e. The first-order valence-corrected chi connectivity index (χ1v) is 5.45. The van der Waals surface area contributed by atoms with Gasteiger partial charge in [0.25, 0.3) is 0 Å². The fourth-order valence-corrected chi connectivity index (χ4v) is 1.86. The van der Waals surface area contributed by atoms with Crippen molar-refractivity contribution in [1.82, 2.24) is 4.90 Å². The predicted octanol–water partition coefficient (Wildman–Crippen LogP) is 0.545. The van der Waals surface area contributed by atoms with Crippen molar-refractivity contribution in [2.75, 3.05) is 26.2 Å². The van der Waals surface area contributed by atoms with Gasteiger partial charge in [-0.15, -0.1) is 0 Å². The third-order valence-corrected chi connectivity index (χ3v) is 2.72. The van der Waals surface area contributed by atoms with Crippen LogP contribution in [0.5, 0.6) is 0 Å². The lowest BCUT2D eigenvalue weighted by Crippen LogP contribution is -2.45. The molecule has 2 rings (SSSR count). The van der Waals surface area contributed by atoms with E-state index in [2.05, 4.69) is 0 Å². The van der Waals surface area contributed by atoms with Crippen molar-refractivity contribution in [2.24, 2.45) is 5.73 Å². The summed E-state index contributed by atoms with van der Waals surface area (Å²) in [6.45, 7) is 1.85. The summed E-state index contributed by atoms with van der Waals surface area (Å²) >= 11 is 0. The molecule has 0 bridgehead atoms. The van der Waals surface area contributed by atoms with Gasteiger partial charge in [-0.05, 0) is 5.56 Å². The summed E-state index contributed by atoms with van der Waals surface area (Å²) < 4.78 is 5.52. The summed E-state index contributed by atoms with van der Waals surface area (Å²) in [4.78, 5) is 13.3. The zero-order valence-electron chi connectivity index (χ0n) is 9.13. The van der Waals surface area contributed by atoms with Crippen molar-refractivity contribution in [3.63, 3.8) is 0 Å².